The Morgan fingerprint density at radius 3 is 2.06 bits per heavy atom. The summed E-state index contributed by atoms with van der Waals surface area (Å²) < 4.78 is 0.0573. The Balaban J connectivity index is 2.19. The molecule has 2 aliphatic carbocycles. The molecule has 0 radical (unpaired) electrons. The van der Waals surface area contributed by atoms with Crippen molar-refractivity contribution in [2.45, 2.75) is 35.5 Å². The minimum atomic E-state index is -2.00. The van der Waals surface area contributed by atoms with Gasteiger partial charge in [-0.3, -0.25) is 4.79 Å². The van der Waals surface area contributed by atoms with Crippen LogP contribution in [0, 0.1) is 0 Å². The zero-order valence-corrected chi connectivity index (χ0v) is 11.6. The topological polar surface area (TPSA) is 17.1 Å². The molecular weight excluding hydrogens is 276 g/mol. The van der Waals surface area contributed by atoms with Crippen LogP contribution in [0.5, 0.6) is 0 Å². The summed E-state index contributed by atoms with van der Waals surface area (Å²) in [7, 11) is -2.00. The molecule has 0 N–H and O–H groups in total. The van der Waals surface area contributed by atoms with Gasteiger partial charge in [0.1, 0.15) is 0 Å². The Kier molecular flexibility index (Phi) is 1.80. The third kappa shape index (κ3) is 0.952. The molecule has 16 heavy (non-hydrogen) atoms. The van der Waals surface area contributed by atoms with Crippen molar-refractivity contribution in [1.29, 1.82) is 0 Å². The Hall–Kier alpha value is 0.0300. The first-order valence-electron chi connectivity index (χ1n) is 5.27. The van der Waals surface area contributed by atoms with E-state index in [4.69, 9.17) is 22.4 Å². The van der Waals surface area contributed by atoms with E-state index >= 15 is 0 Å². The van der Waals surface area contributed by atoms with E-state index in [1.54, 1.807) is 0 Å². The summed E-state index contributed by atoms with van der Waals surface area (Å²) >= 11 is 12.2. The van der Waals surface area contributed by atoms with Crippen molar-refractivity contribution < 1.29 is 4.79 Å². The second-order valence-corrected chi connectivity index (χ2v) is 11.1. The Labute approximate surface area is 108 Å². The molecule has 5 heteroatoms. The molecule has 1 nitrogen and oxygen atoms in total. The van der Waals surface area contributed by atoms with Crippen LogP contribution in [0.25, 0.3) is 0 Å². The summed E-state index contributed by atoms with van der Waals surface area (Å²) in [5.74, 6) is 0. The van der Waals surface area contributed by atoms with Crippen LogP contribution < -0.4 is 0 Å². The lowest BCUT2D eigenvalue weighted by Crippen LogP contribution is -2.24. The van der Waals surface area contributed by atoms with Crippen LogP contribution in [0.1, 0.15) is 22.3 Å². The average molecular weight is 284 g/mol. The number of carbonyl (C=O) groups is 1. The first-order valence-corrected chi connectivity index (χ1v) is 9.57. The van der Waals surface area contributed by atoms with Crippen LogP contribution in [0.2, 0.25) is 0 Å². The molecule has 0 unspecified atom stereocenters. The fourth-order valence-electron chi connectivity index (χ4n) is 2.80. The van der Waals surface area contributed by atoms with E-state index in [0.717, 1.165) is 17.7 Å². The quantitative estimate of drug-likeness (QED) is 0.728. The molecule has 1 heterocycles. The summed E-state index contributed by atoms with van der Waals surface area (Å²) in [6.07, 6.45) is 4.56. The number of rotatable bonds is 0. The van der Waals surface area contributed by atoms with Crippen molar-refractivity contribution in [3.8, 4) is 0 Å². The zero-order valence-electron chi connectivity index (χ0n) is 8.37. The van der Waals surface area contributed by atoms with E-state index in [2.05, 4.69) is 0 Å². The van der Waals surface area contributed by atoms with Crippen LogP contribution >= 0.6 is 11.8 Å². The molecule has 0 bridgehead atoms. The lowest BCUT2D eigenvalue weighted by Gasteiger charge is -2.33. The molecule has 0 fully saturated rings. The number of thioether (sulfide) groups is 1. The maximum Gasteiger partial charge on any atom is 0.263 e. The van der Waals surface area contributed by atoms with Gasteiger partial charge in [0.2, 0.25) is 0 Å². The maximum atomic E-state index is 11.9. The molecule has 4 rings (SSSR count). The molecular formula is C11H8OS4. The molecule has 1 aliphatic heterocycles. The van der Waals surface area contributed by atoms with Crippen molar-refractivity contribution in [2.75, 3.05) is 0 Å². The standard InChI is InChI=1S/C11H8OS4/c12-11-15-9-7-3-1-5(7)6-2-4-8(6)10(9)16(11,13)14/h1-4H2. The van der Waals surface area contributed by atoms with Gasteiger partial charge in [-0.1, -0.05) is 0 Å². The summed E-state index contributed by atoms with van der Waals surface area (Å²) in [5.41, 5.74) is 5.76. The first-order chi connectivity index (χ1) is 7.60. The van der Waals surface area contributed by atoms with Crippen LogP contribution in [0.15, 0.2) is 9.79 Å². The lowest BCUT2D eigenvalue weighted by molar-refractivity contribution is 0.276. The third-order valence-corrected chi connectivity index (χ3v) is 9.69. The van der Waals surface area contributed by atoms with E-state index < -0.39 is 7.15 Å². The average Bonchev–Trinajstić information content (AvgIpc) is 2.34. The predicted octanol–water partition coefficient (Wildman–Crippen LogP) is 2.55. The van der Waals surface area contributed by atoms with E-state index in [1.165, 1.54) is 51.8 Å². The second-order valence-electron chi connectivity index (χ2n) is 4.43. The number of carbonyl (C=O) groups excluding carboxylic acids is 1. The molecule has 82 valence electrons. The fourth-order valence-corrected chi connectivity index (χ4v) is 8.09. The Morgan fingerprint density at radius 2 is 1.50 bits per heavy atom. The highest BCUT2D eigenvalue weighted by Gasteiger charge is 2.41. The van der Waals surface area contributed by atoms with Gasteiger partial charge in [0.25, 0.3) is 4.45 Å². The van der Waals surface area contributed by atoms with E-state index in [1.807, 2.05) is 0 Å². The maximum absolute atomic E-state index is 11.9. The van der Waals surface area contributed by atoms with Gasteiger partial charge in [0, 0.05) is 16.9 Å². The minimum absolute atomic E-state index is 0.0573. The third-order valence-electron chi connectivity index (χ3n) is 3.77. The first kappa shape index (κ1) is 10.00. The molecule has 0 saturated carbocycles. The second kappa shape index (κ2) is 2.88. The highest BCUT2D eigenvalue weighted by molar-refractivity contribution is 8.70. The predicted molar refractivity (Wildman–Crippen MR) is 72.9 cm³/mol. The van der Waals surface area contributed by atoms with Crippen LogP contribution in [0.4, 0.5) is 4.79 Å². The Morgan fingerprint density at radius 1 is 0.938 bits per heavy atom. The van der Waals surface area contributed by atoms with E-state index in [-0.39, 0.29) is 4.45 Å². The molecule has 0 atom stereocenters. The van der Waals surface area contributed by atoms with Crippen LogP contribution in [-0.4, -0.2) is 4.45 Å². The van der Waals surface area contributed by atoms with Gasteiger partial charge in [-0.05, 0) is 82.1 Å². The highest BCUT2D eigenvalue weighted by Crippen LogP contribution is 2.52. The van der Waals surface area contributed by atoms with Gasteiger partial charge in [0.15, 0.2) is 0 Å². The van der Waals surface area contributed by atoms with Crippen molar-refractivity contribution in [3.63, 3.8) is 0 Å². The van der Waals surface area contributed by atoms with Crippen molar-refractivity contribution >= 4 is 45.7 Å². The largest absolute Gasteiger partial charge is 0.273 e. The summed E-state index contributed by atoms with van der Waals surface area (Å²) in [6.45, 7) is 0. The monoisotopic (exact) mass is 284 g/mol. The van der Waals surface area contributed by atoms with Crippen molar-refractivity contribution in [1.82, 2.24) is 0 Å². The molecule has 0 aromatic heterocycles. The normalized spacial score (nSPS) is 22.9. The van der Waals surface area contributed by atoms with E-state index in [9.17, 15) is 4.79 Å². The molecule has 1 aromatic rings. The Bertz CT molecular complexity index is 670. The molecule has 3 aliphatic rings. The fraction of sp³-hybridized carbons (Fsp3) is 0.364. The van der Waals surface area contributed by atoms with Gasteiger partial charge < -0.3 is 0 Å². The summed E-state index contributed by atoms with van der Waals surface area (Å²) in [5, 5.41) is 0. The van der Waals surface area contributed by atoms with Gasteiger partial charge in [0.05, 0.1) is 0 Å². The molecule has 0 saturated heterocycles. The summed E-state index contributed by atoms with van der Waals surface area (Å²) in [4.78, 5) is 14.2. The number of benzene rings is 1. The highest BCUT2D eigenvalue weighted by atomic mass is 33.1. The summed E-state index contributed by atoms with van der Waals surface area (Å²) in [6, 6.07) is 0. The van der Waals surface area contributed by atoms with Crippen LogP contribution in [0.3, 0.4) is 0 Å². The van der Waals surface area contributed by atoms with Crippen molar-refractivity contribution in [2.24, 2.45) is 0 Å². The van der Waals surface area contributed by atoms with Gasteiger partial charge >= 0.3 is 0 Å². The SMILES string of the molecule is O=C1Sc2c3c(c4c(c2S1(=S)=S)CC4)CC3. The molecule has 0 spiro atoms. The van der Waals surface area contributed by atoms with Gasteiger partial charge in [-0.25, -0.2) is 0 Å². The van der Waals surface area contributed by atoms with Gasteiger partial charge in [-0.15, -0.1) is 0 Å². The smallest absolute Gasteiger partial charge is 0.263 e. The lowest BCUT2D eigenvalue weighted by atomic mass is 9.75. The minimum Gasteiger partial charge on any atom is -0.273 e. The number of hydrogen-bond acceptors (Lipinski definition) is 4. The van der Waals surface area contributed by atoms with Crippen LogP contribution in [-0.2, 0) is 55.2 Å². The molecule has 1 aromatic carbocycles. The van der Waals surface area contributed by atoms with Gasteiger partial charge in [-0.2, -0.15) is 0 Å². The molecule has 0 amide bonds. The van der Waals surface area contributed by atoms with Crippen molar-refractivity contribution in [3.05, 3.63) is 22.3 Å². The zero-order chi connectivity index (χ0) is 11.1. The number of fused-ring (bicyclic) bond motifs is 6. The van der Waals surface area contributed by atoms with E-state index in [0.29, 0.717) is 0 Å². The number of hydrogen-bond donors (Lipinski definition) is 0.